The average molecular weight is 952 g/mol. The Morgan fingerprint density at radius 2 is 0.881 bits per heavy atom. The second kappa shape index (κ2) is 47.0. The van der Waals surface area contributed by atoms with E-state index in [1.807, 2.05) is 6.08 Å². The fraction of sp³-hybridized carbons (Fsp3) is 0.912. The molecule has 8 unspecified atom stereocenters. The molecule has 10 nitrogen and oxygen atoms in total. The van der Waals surface area contributed by atoms with Crippen molar-refractivity contribution in [3.8, 4) is 0 Å². The van der Waals surface area contributed by atoms with Gasteiger partial charge in [-0.15, -0.1) is 0 Å². The smallest absolute Gasteiger partial charge is 0.249 e. The van der Waals surface area contributed by atoms with Crippen LogP contribution in [-0.2, 0) is 14.3 Å². The summed E-state index contributed by atoms with van der Waals surface area (Å²) in [6.07, 6.45) is 48.6. The lowest BCUT2D eigenvalue weighted by molar-refractivity contribution is -0.302. The third kappa shape index (κ3) is 36.2. The van der Waals surface area contributed by atoms with E-state index in [-0.39, 0.29) is 6.61 Å². The van der Waals surface area contributed by atoms with Crippen LogP contribution >= 0.6 is 0 Å². The zero-order chi connectivity index (χ0) is 48.8. The van der Waals surface area contributed by atoms with Crippen molar-refractivity contribution >= 4 is 5.91 Å². The Kier molecular flexibility index (Phi) is 44.6. The van der Waals surface area contributed by atoms with Gasteiger partial charge in [0.15, 0.2) is 6.29 Å². The van der Waals surface area contributed by atoms with Crippen molar-refractivity contribution in [2.45, 2.75) is 320 Å². The highest BCUT2D eigenvalue weighted by Gasteiger charge is 2.44. The first-order valence-corrected chi connectivity index (χ1v) is 28.7. The maximum atomic E-state index is 13.1. The second-order valence-corrected chi connectivity index (χ2v) is 20.2. The molecule has 1 heterocycles. The van der Waals surface area contributed by atoms with Gasteiger partial charge >= 0.3 is 0 Å². The molecule has 8 atom stereocenters. The Hall–Kier alpha value is -1.37. The van der Waals surface area contributed by atoms with Gasteiger partial charge < -0.3 is 45.4 Å². The number of allylic oxidation sites excluding steroid dienone is 3. The molecule has 1 aliphatic rings. The number of ether oxygens (including phenoxy) is 2. The molecule has 0 bridgehead atoms. The van der Waals surface area contributed by atoms with Gasteiger partial charge in [0, 0.05) is 0 Å². The van der Waals surface area contributed by atoms with Crippen molar-refractivity contribution in [1.29, 1.82) is 0 Å². The summed E-state index contributed by atoms with van der Waals surface area (Å²) in [6, 6.07) is -0.994. The highest BCUT2D eigenvalue weighted by Crippen LogP contribution is 2.23. The Morgan fingerprint density at radius 3 is 1.30 bits per heavy atom. The van der Waals surface area contributed by atoms with Gasteiger partial charge in [0.05, 0.1) is 25.4 Å². The monoisotopic (exact) mass is 952 g/mol. The molecule has 1 saturated heterocycles. The molecule has 0 aliphatic carbocycles. The van der Waals surface area contributed by atoms with Crippen LogP contribution in [0.4, 0.5) is 0 Å². The van der Waals surface area contributed by atoms with Crippen LogP contribution < -0.4 is 5.32 Å². The first-order chi connectivity index (χ1) is 32.8. The van der Waals surface area contributed by atoms with Crippen molar-refractivity contribution in [3.05, 3.63) is 24.3 Å². The number of rotatable bonds is 49. The first kappa shape index (κ1) is 63.6. The van der Waals surface area contributed by atoms with E-state index in [1.165, 1.54) is 205 Å². The fourth-order valence-electron chi connectivity index (χ4n) is 9.24. The molecule has 1 amide bonds. The summed E-state index contributed by atoms with van der Waals surface area (Å²) in [6.45, 7) is 3.63. The van der Waals surface area contributed by atoms with Gasteiger partial charge in [0.1, 0.15) is 30.5 Å². The number of unbranched alkanes of at least 4 members (excludes halogenated alkanes) is 36. The number of hydrogen-bond acceptors (Lipinski definition) is 9. The average Bonchev–Trinajstić information content (AvgIpc) is 3.33. The number of aliphatic hydroxyl groups is 6. The minimum absolute atomic E-state index is 0.308. The molecule has 0 saturated carbocycles. The van der Waals surface area contributed by atoms with Crippen LogP contribution in [0.5, 0.6) is 0 Å². The Bertz CT molecular complexity index is 1120. The zero-order valence-electron chi connectivity index (χ0n) is 43.5. The molecule has 0 spiro atoms. The number of hydrogen-bond donors (Lipinski definition) is 7. The van der Waals surface area contributed by atoms with Gasteiger partial charge in [0.25, 0.3) is 0 Å². The third-order valence-electron chi connectivity index (χ3n) is 13.9. The van der Waals surface area contributed by atoms with Crippen LogP contribution in [0.1, 0.15) is 271 Å². The number of nitrogens with one attached hydrogen (secondary N) is 1. The lowest BCUT2D eigenvalue weighted by Gasteiger charge is -2.40. The van der Waals surface area contributed by atoms with Gasteiger partial charge in [-0.3, -0.25) is 4.79 Å². The van der Waals surface area contributed by atoms with Crippen molar-refractivity contribution in [2.75, 3.05) is 13.2 Å². The van der Waals surface area contributed by atoms with Gasteiger partial charge in [-0.05, 0) is 32.1 Å². The summed E-state index contributed by atoms with van der Waals surface area (Å²) in [5.41, 5.74) is 0. The van der Waals surface area contributed by atoms with Gasteiger partial charge in [-0.1, -0.05) is 263 Å². The van der Waals surface area contributed by atoms with E-state index in [0.29, 0.717) is 12.8 Å². The topological polar surface area (TPSA) is 169 Å². The van der Waals surface area contributed by atoms with Crippen LogP contribution in [0.3, 0.4) is 0 Å². The molecule has 0 aromatic rings. The summed E-state index contributed by atoms with van der Waals surface area (Å²) in [5, 5.41) is 65.0. The summed E-state index contributed by atoms with van der Waals surface area (Å²) >= 11 is 0. The van der Waals surface area contributed by atoms with E-state index in [9.17, 15) is 35.4 Å². The van der Waals surface area contributed by atoms with Crippen molar-refractivity contribution in [2.24, 2.45) is 0 Å². The SMILES string of the molecule is CCCCCCCCCCCC/C=C/CC/C=C/C(O)C(COC1OC(CO)C(O)C(O)C1O)NC(=O)C(O)CCCCCCCCCCCCCCCCCCCCCCCCCCCC. The molecule has 10 heteroatoms. The van der Waals surface area contributed by atoms with E-state index in [2.05, 4.69) is 31.3 Å². The molecule has 1 fully saturated rings. The predicted octanol–water partition coefficient (Wildman–Crippen LogP) is 12.8. The number of carbonyl (C=O) groups is 1. The van der Waals surface area contributed by atoms with Crippen molar-refractivity contribution < 1.29 is 44.9 Å². The molecule has 0 aromatic carbocycles. The summed E-state index contributed by atoms with van der Waals surface area (Å²) in [7, 11) is 0. The van der Waals surface area contributed by atoms with E-state index in [4.69, 9.17) is 9.47 Å². The van der Waals surface area contributed by atoms with E-state index < -0.39 is 61.5 Å². The Morgan fingerprint density at radius 1 is 0.507 bits per heavy atom. The largest absolute Gasteiger partial charge is 0.394 e. The number of aliphatic hydroxyl groups excluding tert-OH is 6. The summed E-state index contributed by atoms with van der Waals surface area (Å²) < 4.78 is 11.2. The predicted molar refractivity (Wildman–Crippen MR) is 278 cm³/mol. The van der Waals surface area contributed by atoms with Gasteiger partial charge in [-0.25, -0.2) is 0 Å². The number of carbonyl (C=O) groups excluding carboxylic acids is 1. The maximum absolute atomic E-state index is 13.1. The molecule has 7 N–H and O–H groups in total. The molecule has 1 rings (SSSR count). The van der Waals surface area contributed by atoms with Gasteiger partial charge in [0.2, 0.25) is 5.91 Å². The van der Waals surface area contributed by atoms with Crippen molar-refractivity contribution in [1.82, 2.24) is 5.32 Å². The second-order valence-electron chi connectivity index (χ2n) is 20.2. The lowest BCUT2D eigenvalue weighted by Crippen LogP contribution is -2.60. The molecule has 67 heavy (non-hydrogen) atoms. The molecule has 0 radical (unpaired) electrons. The van der Waals surface area contributed by atoms with E-state index >= 15 is 0 Å². The highest BCUT2D eigenvalue weighted by atomic mass is 16.7. The van der Waals surface area contributed by atoms with Crippen LogP contribution in [0.25, 0.3) is 0 Å². The fourth-order valence-corrected chi connectivity index (χ4v) is 9.24. The quantitative estimate of drug-likeness (QED) is 0.0232. The molecular formula is C57H109NO9. The molecular weight excluding hydrogens is 843 g/mol. The van der Waals surface area contributed by atoms with Crippen LogP contribution in [0.2, 0.25) is 0 Å². The minimum atomic E-state index is -1.61. The summed E-state index contributed by atoms with van der Waals surface area (Å²) in [5.74, 6) is -0.621. The van der Waals surface area contributed by atoms with Gasteiger partial charge in [-0.2, -0.15) is 0 Å². The molecule has 0 aromatic heterocycles. The minimum Gasteiger partial charge on any atom is -0.394 e. The van der Waals surface area contributed by atoms with E-state index in [1.54, 1.807) is 6.08 Å². The van der Waals surface area contributed by atoms with Crippen molar-refractivity contribution in [3.63, 3.8) is 0 Å². The molecule has 1 aliphatic heterocycles. The van der Waals surface area contributed by atoms with Crippen LogP contribution in [0.15, 0.2) is 24.3 Å². The number of amides is 1. The Balaban J connectivity index is 2.25. The van der Waals surface area contributed by atoms with E-state index in [0.717, 1.165) is 38.5 Å². The zero-order valence-corrected chi connectivity index (χ0v) is 43.5. The standard InChI is InChI=1S/C57H109NO9/c1-3-5-7-9-11-13-15-17-19-21-22-23-24-25-26-27-28-29-30-32-34-36-38-40-42-44-46-51(61)56(65)58-49(48-66-57-55(64)54(63)53(62)52(47-59)67-57)50(60)45-43-41-39-37-35-33-31-20-18-16-14-12-10-8-6-4-2/h35,37,43,45,49-55,57,59-64H,3-34,36,38-42,44,46-48H2,1-2H3,(H,58,65)/b37-35+,45-43+. The lowest BCUT2D eigenvalue weighted by atomic mass is 9.99. The van der Waals surface area contributed by atoms with Crippen LogP contribution in [-0.4, -0.2) is 98.7 Å². The summed E-state index contributed by atoms with van der Waals surface area (Å²) in [4.78, 5) is 13.1. The molecule has 396 valence electrons. The normalized spacial score (nSPS) is 20.3. The first-order valence-electron chi connectivity index (χ1n) is 28.7. The highest BCUT2D eigenvalue weighted by molar-refractivity contribution is 5.80. The third-order valence-corrected chi connectivity index (χ3v) is 13.9. The maximum Gasteiger partial charge on any atom is 0.249 e. The Labute approximate surface area is 411 Å². The van der Waals surface area contributed by atoms with Crippen LogP contribution in [0, 0.1) is 0 Å².